The number of hydrogen-bond acceptors (Lipinski definition) is 4. The normalized spacial score (nSPS) is 18.0. The van der Waals surface area contributed by atoms with Crippen molar-refractivity contribution in [1.82, 2.24) is 14.8 Å². The van der Waals surface area contributed by atoms with Crippen LogP contribution in [0.15, 0.2) is 47.2 Å². The molecular weight excluding hydrogens is 484 g/mol. The third-order valence-corrected chi connectivity index (χ3v) is 6.27. The van der Waals surface area contributed by atoms with Gasteiger partial charge in [0.15, 0.2) is 0 Å². The molecular formula is C25H31BrN4O3. The lowest BCUT2D eigenvalue weighted by Crippen LogP contribution is -2.42. The molecule has 0 aliphatic carbocycles. The maximum absolute atomic E-state index is 13.3. The number of benzene rings is 1. The van der Waals surface area contributed by atoms with Crippen LogP contribution in [0.5, 0.6) is 0 Å². The first-order valence-corrected chi connectivity index (χ1v) is 12.0. The lowest BCUT2D eigenvalue weighted by molar-refractivity contribution is -0.132. The van der Waals surface area contributed by atoms with Gasteiger partial charge in [0, 0.05) is 56.4 Å². The fourth-order valence-corrected chi connectivity index (χ4v) is 4.64. The quantitative estimate of drug-likeness (QED) is 0.595. The minimum Gasteiger partial charge on any atom is -0.341 e. The van der Waals surface area contributed by atoms with Gasteiger partial charge in [-0.3, -0.25) is 19.4 Å². The third kappa shape index (κ3) is 7.12. The first-order valence-electron chi connectivity index (χ1n) is 11.2. The number of rotatable bonds is 7. The summed E-state index contributed by atoms with van der Waals surface area (Å²) in [5, 5.41) is 2.84. The van der Waals surface area contributed by atoms with Gasteiger partial charge < -0.3 is 15.1 Å². The van der Waals surface area contributed by atoms with E-state index >= 15 is 0 Å². The average Bonchev–Trinajstić information content (AvgIpc) is 2.78. The molecule has 1 fully saturated rings. The average molecular weight is 515 g/mol. The summed E-state index contributed by atoms with van der Waals surface area (Å²) < 4.78 is 0.772. The Bertz CT molecular complexity index is 988. The highest BCUT2D eigenvalue weighted by atomic mass is 79.9. The van der Waals surface area contributed by atoms with Gasteiger partial charge in [0.1, 0.15) is 0 Å². The zero-order valence-corrected chi connectivity index (χ0v) is 21.0. The summed E-state index contributed by atoms with van der Waals surface area (Å²) in [6.45, 7) is 6.16. The van der Waals surface area contributed by atoms with Crippen molar-refractivity contribution in [2.45, 2.75) is 39.7 Å². The van der Waals surface area contributed by atoms with Gasteiger partial charge in [-0.15, -0.1) is 0 Å². The molecule has 3 amide bonds. The summed E-state index contributed by atoms with van der Waals surface area (Å²) in [6.07, 6.45) is 4.63. The fourth-order valence-electron chi connectivity index (χ4n) is 4.28. The highest BCUT2D eigenvalue weighted by molar-refractivity contribution is 9.10. The largest absolute Gasteiger partial charge is 0.341 e. The first-order chi connectivity index (χ1) is 15.7. The Morgan fingerprint density at radius 2 is 1.88 bits per heavy atom. The van der Waals surface area contributed by atoms with E-state index in [1.165, 1.54) is 0 Å². The number of likely N-dealkylation sites (tertiary alicyclic amines) is 1. The number of hydrogen-bond donors (Lipinski definition) is 1. The minimum atomic E-state index is -0.296. The number of aromatic nitrogens is 1. The fraction of sp³-hybridized carbons (Fsp3) is 0.440. The molecule has 1 N–H and O–H groups in total. The van der Waals surface area contributed by atoms with Crippen LogP contribution >= 0.6 is 15.9 Å². The molecule has 0 radical (unpaired) electrons. The van der Waals surface area contributed by atoms with Crippen molar-refractivity contribution >= 4 is 39.3 Å². The van der Waals surface area contributed by atoms with Crippen LogP contribution in [-0.2, 0) is 16.1 Å². The third-order valence-electron chi connectivity index (χ3n) is 5.78. The highest BCUT2D eigenvalue weighted by Crippen LogP contribution is 2.27. The van der Waals surface area contributed by atoms with Crippen LogP contribution in [0.2, 0.25) is 0 Å². The molecule has 0 spiro atoms. The Morgan fingerprint density at radius 1 is 1.15 bits per heavy atom. The van der Waals surface area contributed by atoms with E-state index in [1.807, 2.05) is 17.0 Å². The number of pyridine rings is 1. The van der Waals surface area contributed by atoms with Crippen LogP contribution in [0, 0.1) is 11.8 Å². The van der Waals surface area contributed by atoms with Gasteiger partial charge in [0.05, 0.1) is 11.3 Å². The van der Waals surface area contributed by atoms with E-state index in [2.05, 4.69) is 40.1 Å². The van der Waals surface area contributed by atoms with E-state index in [9.17, 15) is 14.4 Å². The van der Waals surface area contributed by atoms with Gasteiger partial charge >= 0.3 is 0 Å². The van der Waals surface area contributed by atoms with Gasteiger partial charge in [-0.25, -0.2) is 0 Å². The number of nitrogens with one attached hydrogen (secondary N) is 1. The monoisotopic (exact) mass is 514 g/mol. The second-order valence-corrected chi connectivity index (χ2v) is 9.92. The van der Waals surface area contributed by atoms with Crippen molar-refractivity contribution in [2.75, 3.05) is 25.5 Å². The lowest BCUT2D eigenvalue weighted by atomic mass is 9.91. The van der Waals surface area contributed by atoms with Gasteiger partial charge in [-0.05, 0) is 48.1 Å². The summed E-state index contributed by atoms with van der Waals surface area (Å²) in [5.74, 6) is 0.375. The van der Waals surface area contributed by atoms with Crippen molar-refractivity contribution in [3.8, 4) is 0 Å². The van der Waals surface area contributed by atoms with Crippen LogP contribution < -0.4 is 5.32 Å². The molecule has 0 saturated carbocycles. The number of piperidine rings is 1. The Labute approximate surface area is 203 Å². The van der Waals surface area contributed by atoms with E-state index in [0.717, 1.165) is 16.5 Å². The molecule has 1 aromatic carbocycles. The second-order valence-electron chi connectivity index (χ2n) is 9.01. The minimum absolute atomic E-state index is 0.0394. The number of amides is 3. The zero-order chi connectivity index (χ0) is 24.0. The van der Waals surface area contributed by atoms with Crippen LogP contribution in [0.1, 0.15) is 49.0 Å². The van der Waals surface area contributed by atoms with E-state index in [-0.39, 0.29) is 30.6 Å². The lowest BCUT2D eigenvalue weighted by Gasteiger charge is -2.35. The van der Waals surface area contributed by atoms with Crippen LogP contribution in [-0.4, -0.2) is 52.6 Å². The van der Waals surface area contributed by atoms with E-state index < -0.39 is 0 Å². The van der Waals surface area contributed by atoms with Gasteiger partial charge in [-0.1, -0.05) is 35.8 Å². The molecule has 0 unspecified atom stereocenters. The Morgan fingerprint density at radius 3 is 2.55 bits per heavy atom. The number of nitrogens with zero attached hydrogens (tertiary/aromatic N) is 3. The van der Waals surface area contributed by atoms with E-state index in [1.54, 1.807) is 42.5 Å². The molecule has 2 atom stereocenters. The zero-order valence-electron chi connectivity index (χ0n) is 19.4. The number of carbonyl (C=O) groups excluding carboxylic acids is 3. The SMILES string of the molecule is C[C@@H]1C[C@H](C)CN(C(=O)c2cc(Br)ccc2NC(=O)CCC(=O)N(C)Cc2cccnc2)C1. The van der Waals surface area contributed by atoms with E-state index in [0.29, 0.717) is 42.7 Å². The molecule has 1 aromatic heterocycles. The Hall–Kier alpha value is -2.74. The summed E-state index contributed by atoms with van der Waals surface area (Å²) >= 11 is 3.43. The molecule has 33 heavy (non-hydrogen) atoms. The topological polar surface area (TPSA) is 82.6 Å². The Balaban J connectivity index is 1.60. The van der Waals surface area contributed by atoms with Crippen molar-refractivity contribution in [3.63, 3.8) is 0 Å². The molecule has 7 nitrogen and oxygen atoms in total. The van der Waals surface area contributed by atoms with Gasteiger partial charge in [-0.2, -0.15) is 0 Å². The number of carbonyl (C=O) groups is 3. The van der Waals surface area contributed by atoms with Crippen LogP contribution in [0.25, 0.3) is 0 Å². The molecule has 176 valence electrons. The summed E-state index contributed by atoms with van der Waals surface area (Å²) in [5.41, 5.74) is 1.85. The molecule has 3 rings (SSSR count). The Kier molecular flexibility index (Phi) is 8.61. The van der Waals surface area contributed by atoms with Crippen molar-refractivity contribution < 1.29 is 14.4 Å². The smallest absolute Gasteiger partial charge is 0.256 e. The molecule has 1 aliphatic rings. The summed E-state index contributed by atoms with van der Waals surface area (Å²) in [6, 6.07) is 8.99. The number of halogens is 1. The molecule has 8 heteroatoms. The predicted octanol–water partition coefficient (Wildman–Crippen LogP) is 4.34. The van der Waals surface area contributed by atoms with E-state index in [4.69, 9.17) is 0 Å². The highest BCUT2D eigenvalue weighted by Gasteiger charge is 2.28. The van der Waals surface area contributed by atoms with Crippen LogP contribution in [0.3, 0.4) is 0 Å². The standard InChI is InChI=1S/C25H31BrN4O3/c1-17-11-18(2)15-30(14-17)25(33)21-12-20(26)6-7-22(21)28-23(31)8-9-24(32)29(3)16-19-5-4-10-27-13-19/h4-7,10,12-13,17-18H,8-9,11,14-16H2,1-3H3,(H,28,31)/t17-,18+. The van der Waals surface area contributed by atoms with Crippen LogP contribution in [0.4, 0.5) is 5.69 Å². The summed E-state index contributed by atoms with van der Waals surface area (Å²) in [7, 11) is 1.71. The van der Waals surface area contributed by atoms with Crippen molar-refractivity contribution in [3.05, 3.63) is 58.3 Å². The van der Waals surface area contributed by atoms with Gasteiger partial charge in [0.25, 0.3) is 5.91 Å². The predicted molar refractivity (Wildman–Crippen MR) is 132 cm³/mol. The molecule has 1 saturated heterocycles. The maximum atomic E-state index is 13.3. The molecule has 0 bridgehead atoms. The summed E-state index contributed by atoms with van der Waals surface area (Å²) in [4.78, 5) is 45.8. The molecule has 1 aliphatic heterocycles. The first kappa shape index (κ1) is 24.9. The molecule has 2 aromatic rings. The maximum Gasteiger partial charge on any atom is 0.256 e. The number of anilines is 1. The molecule has 2 heterocycles. The second kappa shape index (κ2) is 11.4. The van der Waals surface area contributed by atoms with Crippen molar-refractivity contribution in [2.24, 2.45) is 11.8 Å². The van der Waals surface area contributed by atoms with Gasteiger partial charge in [0.2, 0.25) is 11.8 Å². The van der Waals surface area contributed by atoms with Crippen molar-refractivity contribution in [1.29, 1.82) is 0 Å².